The van der Waals surface area contributed by atoms with Gasteiger partial charge in [-0.1, -0.05) is 6.92 Å². The van der Waals surface area contributed by atoms with Crippen molar-refractivity contribution in [3.05, 3.63) is 23.8 Å². The van der Waals surface area contributed by atoms with Crippen molar-refractivity contribution in [3.8, 4) is 11.5 Å². The average Bonchev–Trinajstić information content (AvgIpc) is 2.73. The number of hydrogen-bond donors (Lipinski definition) is 3. The van der Waals surface area contributed by atoms with Crippen molar-refractivity contribution in [3.63, 3.8) is 0 Å². The number of rotatable bonds is 9. The van der Waals surface area contributed by atoms with E-state index in [-0.39, 0.29) is 30.5 Å². The first-order valence-corrected chi connectivity index (χ1v) is 10.3. The molecular weight excluding hydrogens is 483 g/mol. The van der Waals surface area contributed by atoms with Gasteiger partial charge in [0.25, 0.3) is 0 Å². The zero-order chi connectivity index (χ0) is 20.4. The van der Waals surface area contributed by atoms with Gasteiger partial charge in [-0.2, -0.15) is 0 Å². The average molecular weight is 520 g/mol. The summed E-state index contributed by atoms with van der Waals surface area (Å²) in [6.45, 7) is 8.74. The molecule has 0 aliphatic carbocycles. The van der Waals surface area contributed by atoms with E-state index in [9.17, 15) is 5.11 Å². The lowest BCUT2D eigenvalue weighted by Gasteiger charge is -2.32. The fourth-order valence-corrected chi connectivity index (χ4v) is 3.44. The maximum Gasteiger partial charge on any atom is 0.191 e. The van der Waals surface area contributed by atoms with E-state index in [2.05, 4.69) is 27.4 Å². The number of ether oxygens (including phenoxy) is 2. The Hall–Kier alpha value is -1.26. The maximum absolute atomic E-state index is 10.6. The van der Waals surface area contributed by atoms with Gasteiger partial charge in [-0.15, -0.1) is 24.0 Å². The number of halogens is 1. The molecule has 29 heavy (non-hydrogen) atoms. The second kappa shape index (κ2) is 13.9. The van der Waals surface area contributed by atoms with Gasteiger partial charge in [0.15, 0.2) is 5.96 Å². The van der Waals surface area contributed by atoms with Gasteiger partial charge in [-0.05, 0) is 50.4 Å². The van der Waals surface area contributed by atoms with Crippen LogP contribution < -0.4 is 20.1 Å². The van der Waals surface area contributed by atoms with Crippen molar-refractivity contribution >= 4 is 29.9 Å². The number of guanidine groups is 1. The highest BCUT2D eigenvalue weighted by Gasteiger charge is 2.19. The highest BCUT2D eigenvalue weighted by atomic mass is 127. The third-order valence-electron chi connectivity index (χ3n) is 4.99. The highest BCUT2D eigenvalue weighted by Crippen LogP contribution is 2.26. The number of methoxy groups -OCH3 is 2. The minimum atomic E-state index is -0.731. The van der Waals surface area contributed by atoms with Crippen LogP contribution in [0, 0.1) is 0 Å². The number of aliphatic hydroxyl groups is 1. The number of nitrogens with zero attached hydrogens (tertiary/aromatic N) is 2. The molecule has 1 unspecified atom stereocenters. The molecule has 1 saturated heterocycles. The number of hydrogen-bond acceptors (Lipinski definition) is 5. The van der Waals surface area contributed by atoms with E-state index in [4.69, 9.17) is 9.47 Å². The molecular formula is C21H37IN4O3. The van der Waals surface area contributed by atoms with Crippen LogP contribution in [0.3, 0.4) is 0 Å². The number of nitrogens with one attached hydrogen (secondary N) is 2. The van der Waals surface area contributed by atoms with E-state index in [0.717, 1.165) is 44.0 Å². The van der Waals surface area contributed by atoms with Gasteiger partial charge in [0.05, 0.1) is 26.9 Å². The van der Waals surface area contributed by atoms with Crippen molar-refractivity contribution in [1.82, 2.24) is 15.5 Å². The van der Waals surface area contributed by atoms with Crippen LogP contribution >= 0.6 is 24.0 Å². The smallest absolute Gasteiger partial charge is 0.191 e. The summed E-state index contributed by atoms with van der Waals surface area (Å²) in [5, 5.41) is 17.4. The van der Waals surface area contributed by atoms with Crippen LogP contribution in [0.25, 0.3) is 0 Å². The van der Waals surface area contributed by atoms with Crippen molar-refractivity contribution in [2.45, 2.75) is 45.3 Å². The van der Waals surface area contributed by atoms with E-state index in [1.807, 2.05) is 19.1 Å². The molecule has 166 valence electrons. The molecule has 3 N–H and O–H groups in total. The third kappa shape index (κ3) is 8.55. The summed E-state index contributed by atoms with van der Waals surface area (Å²) in [5.41, 5.74) is 0.726. The van der Waals surface area contributed by atoms with Gasteiger partial charge in [-0.25, -0.2) is 0 Å². The zero-order valence-electron chi connectivity index (χ0n) is 18.1. The van der Waals surface area contributed by atoms with E-state index in [1.54, 1.807) is 20.3 Å². The molecule has 1 aromatic rings. The first-order valence-electron chi connectivity index (χ1n) is 10.3. The molecule has 1 fully saturated rings. The summed E-state index contributed by atoms with van der Waals surface area (Å²) in [6, 6.07) is 5.83. The zero-order valence-corrected chi connectivity index (χ0v) is 20.4. The minimum absolute atomic E-state index is 0. The topological polar surface area (TPSA) is 78.4 Å². The van der Waals surface area contributed by atoms with E-state index >= 15 is 0 Å². The summed E-state index contributed by atoms with van der Waals surface area (Å²) >= 11 is 0. The molecule has 0 amide bonds. The van der Waals surface area contributed by atoms with Gasteiger partial charge in [0.2, 0.25) is 0 Å². The van der Waals surface area contributed by atoms with Gasteiger partial charge < -0.3 is 30.1 Å². The molecule has 1 aliphatic heterocycles. The lowest BCUT2D eigenvalue weighted by molar-refractivity contribution is 0.185. The SMILES string of the molecule is CCCN1CCC(NC(=NCC(O)c2cc(OC)cc(OC)c2)NCC)CC1.I. The lowest BCUT2D eigenvalue weighted by atomic mass is 10.1. The second-order valence-electron chi connectivity index (χ2n) is 7.14. The monoisotopic (exact) mass is 520 g/mol. The molecule has 0 spiro atoms. The molecule has 1 aliphatic rings. The normalized spacial score (nSPS) is 16.7. The summed E-state index contributed by atoms with van der Waals surface area (Å²) in [7, 11) is 3.20. The molecule has 1 atom stereocenters. The Balaban J connectivity index is 0.00000420. The Morgan fingerprint density at radius 3 is 2.31 bits per heavy atom. The van der Waals surface area contributed by atoms with Crippen LogP contribution in [-0.4, -0.2) is 69.0 Å². The summed E-state index contributed by atoms with van der Waals surface area (Å²) < 4.78 is 10.6. The molecule has 1 heterocycles. The molecule has 0 bridgehead atoms. The second-order valence-corrected chi connectivity index (χ2v) is 7.14. The molecule has 0 saturated carbocycles. The van der Waals surface area contributed by atoms with Gasteiger partial charge in [-0.3, -0.25) is 4.99 Å². The van der Waals surface area contributed by atoms with Gasteiger partial charge in [0, 0.05) is 31.7 Å². The molecule has 8 heteroatoms. The predicted octanol–water partition coefficient (Wildman–Crippen LogP) is 2.78. The Morgan fingerprint density at radius 1 is 1.17 bits per heavy atom. The van der Waals surface area contributed by atoms with Crippen molar-refractivity contribution < 1.29 is 14.6 Å². The van der Waals surface area contributed by atoms with Gasteiger partial charge >= 0.3 is 0 Å². The number of benzene rings is 1. The van der Waals surface area contributed by atoms with Crippen LogP contribution in [0.1, 0.15) is 44.8 Å². The lowest BCUT2D eigenvalue weighted by Crippen LogP contribution is -2.48. The Labute approximate surface area is 192 Å². The first kappa shape index (κ1) is 25.8. The Kier molecular flexibility index (Phi) is 12.3. The van der Waals surface area contributed by atoms with Crippen molar-refractivity contribution in [1.29, 1.82) is 0 Å². The summed E-state index contributed by atoms with van der Waals surface area (Å²) in [5.74, 6) is 2.06. The molecule has 7 nitrogen and oxygen atoms in total. The number of aliphatic hydroxyl groups excluding tert-OH is 1. The summed E-state index contributed by atoms with van der Waals surface area (Å²) in [4.78, 5) is 7.12. The third-order valence-corrected chi connectivity index (χ3v) is 4.99. The quantitative estimate of drug-likeness (QED) is 0.264. The van der Waals surface area contributed by atoms with Crippen LogP contribution in [-0.2, 0) is 0 Å². The number of likely N-dealkylation sites (tertiary alicyclic amines) is 1. The van der Waals surface area contributed by atoms with Crippen molar-refractivity contribution in [2.75, 3.05) is 46.9 Å². The van der Waals surface area contributed by atoms with E-state index < -0.39 is 6.10 Å². The highest BCUT2D eigenvalue weighted by molar-refractivity contribution is 14.0. The Bertz CT molecular complexity index is 600. The van der Waals surface area contributed by atoms with Gasteiger partial charge in [0.1, 0.15) is 11.5 Å². The summed E-state index contributed by atoms with van der Waals surface area (Å²) in [6.07, 6.45) is 2.70. The van der Waals surface area contributed by atoms with Crippen LogP contribution in [0.5, 0.6) is 11.5 Å². The fraction of sp³-hybridized carbons (Fsp3) is 0.667. The van der Waals surface area contributed by atoms with Crippen LogP contribution in [0.2, 0.25) is 0 Å². The van der Waals surface area contributed by atoms with Crippen molar-refractivity contribution in [2.24, 2.45) is 4.99 Å². The molecule has 0 aromatic heterocycles. The minimum Gasteiger partial charge on any atom is -0.497 e. The van der Waals surface area contributed by atoms with Crippen LogP contribution in [0.15, 0.2) is 23.2 Å². The van der Waals surface area contributed by atoms with E-state index in [0.29, 0.717) is 17.5 Å². The molecule has 0 radical (unpaired) electrons. The number of piperidine rings is 1. The number of aliphatic imine (C=N–C) groups is 1. The predicted molar refractivity (Wildman–Crippen MR) is 129 cm³/mol. The van der Waals surface area contributed by atoms with Crippen LogP contribution in [0.4, 0.5) is 0 Å². The largest absolute Gasteiger partial charge is 0.497 e. The standard InChI is InChI=1S/C21H36N4O3.HI/c1-5-9-25-10-7-17(8-11-25)24-21(22-6-2)23-15-20(26)16-12-18(27-3)14-19(13-16)28-4;/h12-14,17,20,26H,5-11,15H2,1-4H3,(H2,22,23,24);1H. The van der Waals surface area contributed by atoms with E-state index in [1.165, 1.54) is 13.0 Å². The Morgan fingerprint density at radius 2 is 1.79 bits per heavy atom. The fourth-order valence-electron chi connectivity index (χ4n) is 3.44. The maximum atomic E-state index is 10.6. The molecule has 1 aromatic carbocycles. The molecule has 2 rings (SSSR count). The first-order chi connectivity index (χ1) is 13.6.